The molecule has 0 saturated heterocycles. The van der Waals surface area contributed by atoms with Crippen LogP contribution in [0.5, 0.6) is 0 Å². The summed E-state index contributed by atoms with van der Waals surface area (Å²) in [6.45, 7) is 2.75. The zero-order valence-electron chi connectivity index (χ0n) is 10.1. The van der Waals surface area contributed by atoms with Gasteiger partial charge < -0.3 is 0 Å². The van der Waals surface area contributed by atoms with Crippen LogP contribution in [0, 0.1) is 25.5 Å². The summed E-state index contributed by atoms with van der Waals surface area (Å²) >= 11 is 5.64. The SMILES string of the molecule is Cc1cc(F)c(-n2c(=O)[nH]c(Cl)c(C)c2=O)cc1F. The topological polar surface area (TPSA) is 54.9 Å². The molecule has 0 aliphatic rings. The van der Waals surface area contributed by atoms with Gasteiger partial charge in [0.15, 0.2) is 0 Å². The summed E-state index contributed by atoms with van der Waals surface area (Å²) in [6, 6.07) is 1.72. The second kappa shape index (κ2) is 4.62. The molecule has 0 saturated carbocycles. The van der Waals surface area contributed by atoms with E-state index in [0.29, 0.717) is 4.57 Å². The lowest BCUT2D eigenvalue weighted by Gasteiger charge is -2.09. The first-order valence-corrected chi connectivity index (χ1v) is 5.68. The van der Waals surface area contributed by atoms with Gasteiger partial charge in [-0.25, -0.2) is 18.1 Å². The van der Waals surface area contributed by atoms with Crippen molar-refractivity contribution in [3.8, 4) is 5.69 Å². The van der Waals surface area contributed by atoms with Crippen molar-refractivity contribution in [1.82, 2.24) is 9.55 Å². The summed E-state index contributed by atoms with van der Waals surface area (Å²) < 4.78 is 27.8. The Labute approximate surface area is 111 Å². The van der Waals surface area contributed by atoms with Gasteiger partial charge in [-0.3, -0.25) is 9.78 Å². The normalized spacial score (nSPS) is 10.8. The molecule has 0 radical (unpaired) electrons. The average Bonchev–Trinajstić information content (AvgIpc) is 2.33. The number of rotatable bonds is 1. The third-order valence-electron chi connectivity index (χ3n) is 2.74. The van der Waals surface area contributed by atoms with Crippen molar-refractivity contribution >= 4 is 11.6 Å². The van der Waals surface area contributed by atoms with E-state index in [9.17, 15) is 18.4 Å². The zero-order chi connectivity index (χ0) is 14.3. The number of aryl methyl sites for hydroxylation is 1. The lowest BCUT2D eigenvalue weighted by Crippen LogP contribution is -2.35. The molecule has 7 heteroatoms. The van der Waals surface area contributed by atoms with Crippen LogP contribution in [0.15, 0.2) is 21.7 Å². The van der Waals surface area contributed by atoms with Crippen molar-refractivity contribution in [2.45, 2.75) is 13.8 Å². The highest BCUT2D eigenvalue weighted by Gasteiger charge is 2.16. The molecular weight excluding hydrogens is 278 g/mol. The highest BCUT2D eigenvalue weighted by atomic mass is 35.5. The molecule has 0 amide bonds. The van der Waals surface area contributed by atoms with Crippen LogP contribution in [0.4, 0.5) is 8.78 Å². The molecule has 19 heavy (non-hydrogen) atoms. The van der Waals surface area contributed by atoms with E-state index in [-0.39, 0.29) is 16.3 Å². The Morgan fingerprint density at radius 3 is 2.42 bits per heavy atom. The van der Waals surface area contributed by atoms with Crippen molar-refractivity contribution in [2.75, 3.05) is 0 Å². The van der Waals surface area contributed by atoms with Crippen molar-refractivity contribution in [3.05, 3.63) is 60.9 Å². The van der Waals surface area contributed by atoms with E-state index in [0.717, 1.165) is 12.1 Å². The van der Waals surface area contributed by atoms with Gasteiger partial charge in [0, 0.05) is 6.07 Å². The van der Waals surface area contributed by atoms with E-state index in [1.54, 1.807) is 0 Å². The van der Waals surface area contributed by atoms with Gasteiger partial charge in [0.05, 0.1) is 11.3 Å². The van der Waals surface area contributed by atoms with Crippen molar-refractivity contribution in [1.29, 1.82) is 0 Å². The zero-order valence-corrected chi connectivity index (χ0v) is 10.8. The first-order chi connectivity index (χ1) is 8.82. The molecule has 1 aromatic heterocycles. The van der Waals surface area contributed by atoms with Crippen LogP contribution >= 0.6 is 11.6 Å². The van der Waals surface area contributed by atoms with Crippen molar-refractivity contribution in [3.63, 3.8) is 0 Å². The van der Waals surface area contributed by atoms with Gasteiger partial charge in [0.25, 0.3) is 5.56 Å². The fourth-order valence-corrected chi connectivity index (χ4v) is 1.78. The molecule has 0 fully saturated rings. The fourth-order valence-electron chi connectivity index (χ4n) is 1.62. The third-order valence-corrected chi connectivity index (χ3v) is 3.12. The first kappa shape index (κ1) is 13.5. The largest absolute Gasteiger partial charge is 0.334 e. The Bertz CT molecular complexity index is 781. The highest BCUT2D eigenvalue weighted by Crippen LogP contribution is 2.16. The molecule has 0 bridgehead atoms. The average molecular weight is 287 g/mol. The van der Waals surface area contributed by atoms with Crippen LogP contribution < -0.4 is 11.2 Å². The molecule has 1 aromatic carbocycles. The Morgan fingerprint density at radius 1 is 1.16 bits per heavy atom. The minimum absolute atomic E-state index is 0.0432. The van der Waals surface area contributed by atoms with Crippen LogP contribution in [0.25, 0.3) is 5.69 Å². The molecular formula is C12H9ClF2N2O2. The number of hydrogen-bond donors (Lipinski definition) is 1. The van der Waals surface area contributed by atoms with E-state index in [4.69, 9.17) is 11.6 Å². The molecule has 0 spiro atoms. The predicted octanol–water partition coefficient (Wildman–Crippen LogP) is 2.07. The molecule has 0 aliphatic heterocycles. The molecule has 0 unspecified atom stereocenters. The summed E-state index contributed by atoms with van der Waals surface area (Å²) in [4.78, 5) is 25.8. The van der Waals surface area contributed by atoms with Gasteiger partial charge in [0.1, 0.15) is 16.8 Å². The molecule has 0 atom stereocenters. The number of H-pyrrole nitrogens is 1. The number of aromatic amines is 1. The van der Waals surface area contributed by atoms with Crippen LogP contribution in [0.1, 0.15) is 11.1 Å². The van der Waals surface area contributed by atoms with Gasteiger partial charge in [0.2, 0.25) is 0 Å². The van der Waals surface area contributed by atoms with Gasteiger partial charge in [-0.15, -0.1) is 0 Å². The standard InChI is InChI=1S/C12H9ClF2N2O2/c1-5-3-8(15)9(4-7(5)14)17-11(18)6(2)10(13)16-12(17)19/h3-4H,1-2H3,(H,16,19). The maximum Gasteiger partial charge on any atom is 0.334 e. The number of aromatic nitrogens is 2. The van der Waals surface area contributed by atoms with E-state index >= 15 is 0 Å². The first-order valence-electron chi connectivity index (χ1n) is 5.30. The van der Waals surface area contributed by atoms with E-state index in [1.807, 2.05) is 0 Å². The monoisotopic (exact) mass is 286 g/mol. The van der Waals surface area contributed by atoms with Crippen LogP contribution in [0.2, 0.25) is 5.15 Å². The smallest absolute Gasteiger partial charge is 0.297 e. The molecule has 2 aromatic rings. The van der Waals surface area contributed by atoms with Gasteiger partial charge in [-0.05, 0) is 25.5 Å². The number of benzene rings is 1. The van der Waals surface area contributed by atoms with Gasteiger partial charge in [-0.1, -0.05) is 11.6 Å². The predicted molar refractivity (Wildman–Crippen MR) is 67.1 cm³/mol. The third kappa shape index (κ3) is 2.19. The number of halogens is 3. The van der Waals surface area contributed by atoms with Gasteiger partial charge in [-0.2, -0.15) is 0 Å². The lowest BCUT2D eigenvalue weighted by atomic mass is 10.2. The van der Waals surface area contributed by atoms with E-state index in [2.05, 4.69) is 4.98 Å². The molecule has 2 rings (SSSR count). The molecule has 1 N–H and O–H groups in total. The maximum absolute atomic E-state index is 13.8. The summed E-state index contributed by atoms with van der Waals surface area (Å²) in [5.74, 6) is -1.58. The van der Waals surface area contributed by atoms with Crippen LogP contribution in [-0.4, -0.2) is 9.55 Å². The molecule has 0 aliphatic carbocycles. The minimum atomic E-state index is -0.928. The van der Waals surface area contributed by atoms with Crippen LogP contribution in [-0.2, 0) is 0 Å². The van der Waals surface area contributed by atoms with E-state index in [1.165, 1.54) is 13.8 Å². The summed E-state index contributed by atoms with van der Waals surface area (Å²) in [5, 5.41) is -0.126. The molecule has 4 nitrogen and oxygen atoms in total. The number of hydrogen-bond acceptors (Lipinski definition) is 2. The molecule has 100 valence electrons. The lowest BCUT2D eigenvalue weighted by molar-refractivity contribution is 0.581. The van der Waals surface area contributed by atoms with E-state index < -0.39 is 28.6 Å². The van der Waals surface area contributed by atoms with Crippen molar-refractivity contribution < 1.29 is 8.78 Å². The summed E-state index contributed by atoms with van der Waals surface area (Å²) in [6.07, 6.45) is 0. The Morgan fingerprint density at radius 2 is 1.79 bits per heavy atom. The number of nitrogens with zero attached hydrogens (tertiary/aromatic N) is 1. The Hall–Kier alpha value is -1.95. The number of nitrogens with one attached hydrogen (secondary N) is 1. The van der Waals surface area contributed by atoms with Crippen molar-refractivity contribution in [2.24, 2.45) is 0 Å². The minimum Gasteiger partial charge on any atom is -0.297 e. The second-order valence-corrected chi connectivity index (χ2v) is 4.44. The maximum atomic E-state index is 13.8. The van der Waals surface area contributed by atoms with Gasteiger partial charge >= 0.3 is 5.69 Å². The Kier molecular flexibility index (Phi) is 3.28. The summed E-state index contributed by atoms with van der Waals surface area (Å²) in [5.41, 5.74) is -2.05. The highest BCUT2D eigenvalue weighted by molar-refractivity contribution is 6.30. The van der Waals surface area contributed by atoms with Crippen LogP contribution in [0.3, 0.4) is 0 Å². The second-order valence-electron chi connectivity index (χ2n) is 4.06. The quantitative estimate of drug-likeness (QED) is 0.816. The molecule has 1 heterocycles. The summed E-state index contributed by atoms with van der Waals surface area (Å²) in [7, 11) is 0. The Balaban J connectivity index is 2.88. The fraction of sp³-hybridized carbons (Fsp3) is 0.167.